The van der Waals surface area contributed by atoms with Gasteiger partial charge in [0, 0.05) is 29.8 Å². The topological polar surface area (TPSA) is 102 Å². The third-order valence-corrected chi connectivity index (χ3v) is 5.24. The number of nitrogens with one attached hydrogen (secondary N) is 1. The van der Waals surface area contributed by atoms with Crippen LogP contribution in [0.5, 0.6) is 0 Å². The van der Waals surface area contributed by atoms with Crippen LogP contribution in [0.4, 0.5) is 5.69 Å². The van der Waals surface area contributed by atoms with Crippen LogP contribution in [-0.2, 0) is 16.6 Å². The number of nitro benzene ring substituents is 1. The molecule has 0 unspecified atom stereocenters. The Morgan fingerprint density at radius 3 is 2.62 bits per heavy atom. The Balaban J connectivity index is 2.21. The summed E-state index contributed by atoms with van der Waals surface area (Å²) in [5.74, 6) is 0. The number of non-ortho nitro benzene ring substituents is 1. The lowest BCUT2D eigenvalue weighted by Gasteiger charge is -2.08. The monoisotopic (exact) mass is 327 g/mol. The van der Waals surface area contributed by atoms with E-state index < -0.39 is 14.9 Å². The molecule has 112 valence electrons. The van der Waals surface area contributed by atoms with Gasteiger partial charge in [0.1, 0.15) is 0 Å². The van der Waals surface area contributed by atoms with E-state index in [4.69, 9.17) is 0 Å². The van der Waals surface area contributed by atoms with Crippen molar-refractivity contribution in [1.29, 1.82) is 0 Å². The van der Waals surface area contributed by atoms with Gasteiger partial charge in [0.2, 0.25) is 10.0 Å². The molecule has 0 aliphatic heterocycles. The first-order valence-electron chi connectivity index (χ1n) is 5.95. The number of thiazole rings is 1. The fourth-order valence-corrected chi connectivity index (χ4v) is 3.84. The van der Waals surface area contributed by atoms with Gasteiger partial charge in [-0.1, -0.05) is 0 Å². The lowest BCUT2D eigenvalue weighted by molar-refractivity contribution is -0.385. The molecule has 2 rings (SSSR count). The SMILES string of the molecule is Cc1ncc(CNS(=O)(=O)c2ccc([N+](=O)[O-])cc2C)s1. The number of hydrogen-bond donors (Lipinski definition) is 1. The van der Waals surface area contributed by atoms with Crippen LogP contribution in [0.15, 0.2) is 29.3 Å². The zero-order chi connectivity index (χ0) is 15.6. The van der Waals surface area contributed by atoms with Crippen LogP contribution >= 0.6 is 11.3 Å². The Labute approximate surface area is 125 Å². The van der Waals surface area contributed by atoms with Crippen LogP contribution in [0.3, 0.4) is 0 Å². The Morgan fingerprint density at radius 1 is 1.38 bits per heavy atom. The summed E-state index contributed by atoms with van der Waals surface area (Å²) >= 11 is 1.41. The van der Waals surface area contributed by atoms with Crippen LogP contribution in [-0.4, -0.2) is 18.3 Å². The van der Waals surface area contributed by atoms with Crippen molar-refractivity contribution in [3.05, 3.63) is 50.0 Å². The minimum atomic E-state index is -3.72. The van der Waals surface area contributed by atoms with Crippen molar-refractivity contribution in [2.45, 2.75) is 25.3 Å². The molecule has 0 radical (unpaired) electrons. The summed E-state index contributed by atoms with van der Waals surface area (Å²) in [5, 5.41) is 11.5. The molecule has 0 atom stereocenters. The fourth-order valence-electron chi connectivity index (χ4n) is 1.78. The molecule has 7 nitrogen and oxygen atoms in total. The van der Waals surface area contributed by atoms with E-state index in [0.29, 0.717) is 5.56 Å². The van der Waals surface area contributed by atoms with Crippen molar-refractivity contribution in [3.8, 4) is 0 Å². The van der Waals surface area contributed by atoms with E-state index >= 15 is 0 Å². The quantitative estimate of drug-likeness (QED) is 0.669. The molecule has 0 fully saturated rings. The van der Waals surface area contributed by atoms with E-state index in [9.17, 15) is 18.5 Å². The summed E-state index contributed by atoms with van der Waals surface area (Å²) in [5.41, 5.74) is 0.196. The zero-order valence-corrected chi connectivity index (χ0v) is 13.0. The third kappa shape index (κ3) is 3.63. The predicted octanol–water partition coefficient (Wildman–Crippen LogP) is 2.15. The summed E-state index contributed by atoms with van der Waals surface area (Å²) in [6.45, 7) is 3.51. The van der Waals surface area contributed by atoms with Gasteiger partial charge in [0.15, 0.2) is 0 Å². The number of sulfonamides is 1. The molecule has 1 aromatic heterocycles. The summed E-state index contributed by atoms with van der Waals surface area (Å²) < 4.78 is 26.9. The lowest BCUT2D eigenvalue weighted by Crippen LogP contribution is -2.23. The molecule has 9 heteroatoms. The maximum Gasteiger partial charge on any atom is 0.269 e. The van der Waals surface area contributed by atoms with Gasteiger partial charge in [-0.2, -0.15) is 0 Å². The van der Waals surface area contributed by atoms with Gasteiger partial charge in [-0.3, -0.25) is 10.1 Å². The van der Waals surface area contributed by atoms with Crippen molar-refractivity contribution in [3.63, 3.8) is 0 Å². The highest BCUT2D eigenvalue weighted by Gasteiger charge is 2.19. The minimum absolute atomic E-state index is 0.0364. The first-order chi connectivity index (χ1) is 9.79. The summed E-state index contributed by atoms with van der Waals surface area (Å²) in [7, 11) is -3.72. The number of aryl methyl sites for hydroxylation is 2. The summed E-state index contributed by atoms with van der Waals surface area (Å²) in [6.07, 6.45) is 1.62. The average Bonchev–Trinajstić information content (AvgIpc) is 2.82. The summed E-state index contributed by atoms with van der Waals surface area (Å²) in [6, 6.07) is 3.66. The number of benzene rings is 1. The van der Waals surface area contributed by atoms with E-state index in [-0.39, 0.29) is 17.1 Å². The molecule has 21 heavy (non-hydrogen) atoms. The van der Waals surface area contributed by atoms with Gasteiger partial charge in [-0.25, -0.2) is 18.1 Å². The van der Waals surface area contributed by atoms with Crippen LogP contribution < -0.4 is 4.72 Å². The fraction of sp³-hybridized carbons (Fsp3) is 0.250. The predicted molar refractivity (Wildman–Crippen MR) is 78.7 cm³/mol. The van der Waals surface area contributed by atoms with Crippen LogP contribution in [0.2, 0.25) is 0 Å². The largest absolute Gasteiger partial charge is 0.269 e. The van der Waals surface area contributed by atoms with Gasteiger partial charge in [-0.15, -0.1) is 11.3 Å². The standard InChI is InChI=1S/C12H13N3O4S2/c1-8-5-10(15(16)17)3-4-12(8)21(18,19)14-7-11-6-13-9(2)20-11/h3-6,14H,7H2,1-2H3. The highest BCUT2D eigenvalue weighted by atomic mass is 32.2. The molecule has 0 aliphatic carbocycles. The van der Waals surface area contributed by atoms with Crippen molar-refractivity contribution >= 4 is 27.0 Å². The maximum absolute atomic E-state index is 12.2. The smallest absolute Gasteiger partial charge is 0.258 e. The van der Waals surface area contributed by atoms with E-state index in [1.807, 2.05) is 6.92 Å². The number of hydrogen-bond acceptors (Lipinski definition) is 6. The van der Waals surface area contributed by atoms with Crippen LogP contribution in [0.1, 0.15) is 15.4 Å². The lowest BCUT2D eigenvalue weighted by atomic mass is 10.2. The summed E-state index contributed by atoms with van der Waals surface area (Å²) in [4.78, 5) is 15.0. The molecule has 2 aromatic rings. The first kappa shape index (κ1) is 15.5. The Morgan fingerprint density at radius 2 is 2.10 bits per heavy atom. The molecule has 0 spiro atoms. The van der Waals surface area contributed by atoms with E-state index in [1.54, 1.807) is 6.20 Å². The molecular formula is C12H13N3O4S2. The second kappa shape index (κ2) is 5.88. The Bertz CT molecular complexity index is 784. The molecule has 1 aromatic carbocycles. The van der Waals surface area contributed by atoms with Crippen molar-refractivity contribution < 1.29 is 13.3 Å². The highest BCUT2D eigenvalue weighted by Crippen LogP contribution is 2.21. The number of rotatable bonds is 5. The van der Waals surface area contributed by atoms with Gasteiger partial charge < -0.3 is 0 Å². The Hall–Kier alpha value is -1.84. The normalized spacial score (nSPS) is 11.5. The third-order valence-electron chi connectivity index (χ3n) is 2.76. The molecule has 0 saturated heterocycles. The van der Waals surface area contributed by atoms with E-state index in [0.717, 1.165) is 9.88 Å². The maximum atomic E-state index is 12.2. The highest BCUT2D eigenvalue weighted by molar-refractivity contribution is 7.89. The van der Waals surface area contributed by atoms with Crippen LogP contribution in [0, 0.1) is 24.0 Å². The molecule has 0 amide bonds. The van der Waals surface area contributed by atoms with Gasteiger partial charge in [0.25, 0.3) is 5.69 Å². The minimum Gasteiger partial charge on any atom is -0.258 e. The van der Waals surface area contributed by atoms with Crippen molar-refractivity contribution in [2.24, 2.45) is 0 Å². The molecule has 0 saturated carbocycles. The molecule has 1 N–H and O–H groups in total. The van der Waals surface area contributed by atoms with Crippen LogP contribution in [0.25, 0.3) is 0 Å². The van der Waals surface area contributed by atoms with Gasteiger partial charge >= 0.3 is 0 Å². The average molecular weight is 327 g/mol. The second-order valence-electron chi connectivity index (χ2n) is 4.38. The molecular weight excluding hydrogens is 314 g/mol. The number of nitrogens with zero attached hydrogens (tertiary/aromatic N) is 2. The number of aromatic nitrogens is 1. The first-order valence-corrected chi connectivity index (χ1v) is 8.25. The second-order valence-corrected chi connectivity index (χ2v) is 7.43. The molecule has 0 bridgehead atoms. The molecule has 1 heterocycles. The zero-order valence-electron chi connectivity index (χ0n) is 11.4. The van der Waals surface area contributed by atoms with Crippen molar-refractivity contribution in [1.82, 2.24) is 9.71 Å². The van der Waals surface area contributed by atoms with E-state index in [1.165, 1.54) is 36.5 Å². The van der Waals surface area contributed by atoms with Gasteiger partial charge in [-0.05, 0) is 25.5 Å². The molecule has 0 aliphatic rings. The van der Waals surface area contributed by atoms with Gasteiger partial charge in [0.05, 0.1) is 14.8 Å². The van der Waals surface area contributed by atoms with Crippen molar-refractivity contribution in [2.75, 3.05) is 0 Å². The Kier molecular flexibility index (Phi) is 4.35. The van der Waals surface area contributed by atoms with E-state index in [2.05, 4.69) is 9.71 Å². The number of nitro groups is 1.